The molecule has 2 rings (SSSR count). The second-order valence-electron chi connectivity index (χ2n) is 5.22. The monoisotopic (exact) mass is 383 g/mol. The summed E-state index contributed by atoms with van der Waals surface area (Å²) in [4.78, 5) is 8.36. The van der Waals surface area contributed by atoms with Crippen molar-refractivity contribution in [2.45, 2.75) is 61.8 Å². The third-order valence-corrected chi connectivity index (χ3v) is 3.70. The van der Waals surface area contributed by atoms with Crippen LogP contribution in [-0.4, -0.2) is 11.6 Å². The number of benzene rings is 2. The van der Waals surface area contributed by atoms with Crippen molar-refractivity contribution in [2.24, 2.45) is 0 Å². The number of nitriles is 1. The van der Waals surface area contributed by atoms with E-state index >= 15 is 0 Å². The van der Waals surface area contributed by atoms with Gasteiger partial charge < -0.3 is 5.11 Å². The van der Waals surface area contributed by atoms with E-state index in [1.54, 1.807) is 0 Å². The number of carbonyl (C=O) groups is 1. The quantitative estimate of drug-likeness (QED) is 0.442. The van der Waals surface area contributed by atoms with E-state index in [-0.39, 0.29) is 6.47 Å². The summed E-state index contributed by atoms with van der Waals surface area (Å²) in [6, 6.07) is 16.2. The molecule has 3 heteroatoms. The van der Waals surface area contributed by atoms with E-state index in [0.717, 1.165) is 17.5 Å². The standard InChI is InChI=1S/C10H9N.C10H14.2C2H6.CH2O2/c1-8-5-3-4-6-10(8)9(2)7-11;1-4-10-7-5-6-8(2)9(10)3;2*1-2;2-1-3/h3-6H,2H2,1H3;5-7H,4H2,1-3H3;2*1-2H3;1H,(H,2,3). The van der Waals surface area contributed by atoms with Crippen molar-refractivity contribution in [3.63, 3.8) is 0 Å². The zero-order valence-corrected chi connectivity index (χ0v) is 18.8. The first-order valence-corrected chi connectivity index (χ1v) is 9.70. The zero-order chi connectivity index (χ0) is 22.5. The topological polar surface area (TPSA) is 61.1 Å². The number of rotatable bonds is 2. The lowest BCUT2D eigenvalue weighted by molar-refractivity contribution is -0.122. The Morgan fingerprint density at radius 1 is 1.00 bits per heavy atom. The Labute approximate surface area is 172 Å². The molecule has 0 atom stereocenters. The highest BCUT2D eigenvalue weighted by molar-refractivity contribution is 5.76. The van der Waals surface area contributed by atoms with Gasteiger partial charge in [-0.3, -0.25) is 4.79 Å². The molecule has 0 saturated carbocycles. The average molecular weight is 384 g/mol. The van der Waals surface area contributed by atoms with Gasteiger partial charge >= 0.3 is 0 Å². The van der Waals surface area contributed by atoms with Gasteiger partial charge in [0.15, 0.2) is 0 Å². The maximum absolute atomic E-state index is 8.56. The number of hydrogen-bond acceptors (Lipinski definition) is 2. The molecule has 28 heavy (non-hydrogen) atoms. The molecular formula is C25H37NO2. The molecule has 0 bridgehead atoms. The fourth-order valence-corrected chi connectivity index (χ4v) is 2.17. The zero-order valence-electron chi connectivity index (χ0n) is 18.8. The van der Waals surface area contributed by atoms with Crippen LogP contribution in [0.25, 0.3) is 5.57 Å². The SMILES string of the molecule is C=C(C#N)c1ccccc1C.CC.CC.CCc1cccc(C)c1C.O=CO. The van der Waals surface area contributed by atoms with Crippen molar-refractivity contribution in [3.05, 3.63) is 76.9 Å². The molecule has 0 amide bonds. The molecule has 154 valence electrons. The van der Waals surface area contributed by atoms with Crippen LogP contribution in [0.3, 0.4) is 0 Å². The van der Waals surface area contributed by atoms with Crippen LogP contribution >= 0.6 is 0 Å². The lowest BCUT2D eigenvalue weighted by Crippen LogP contribution is -1.88. The summed E-state index contributed by atoms with van der Waals surface area (Å²) in [6.07, 6.45) is 1.15. The van der Waals surface area contributed by atoms with Crippen LogP contribution in [0.15, 0.2) is 49.0 Å². The molecule has 0 radical (unpaired) electrons. The van der Waals surface area contributed by atoms with Crippen LogP contribution in [0.2, 0.25) is 0 Å². The van der Waals surface area contributed by atoms with Crippen molar-refractivity contribution < 1.29 is 9.90 Å². The molecule has 3 nitrogen and oxygen atoms in total. The van der Waals surface area contributed by atoms with Crippen molar-refractivity contribution in [3.8, 4) is 6.07 Å². The Kier molecular flexibility index (Phi) is 21.8. The normalized spacial score (nSPS) is 7.82. The van der Waals surface area contributed by atoms with E-state index in [4.69, 9.17) is 15.2 Å². The number of aryl methyl sites for hydroxylation is 3. The van der Waals surface area contributed by atoms with Crippen LogP contribution in [-0.2, 0) is 11.2 Å². The summed E-state index contributed by atoms with van der Waals surface area (Å²) in [5.41, 5.74) is 6.89. The van der Waals surface area contributed by atoms with Gasteiger partial charge in [0.1, 0.15) is 0 Å². The van der Waals surface area contributed by atoms with Crippen molar-refractivity contribution >= 4 is 12.0 Å². The molecule has 0 saturated heterocycles. The highest BCUT2D eigenvalue weighted by Crippen LogP contribution is 2.15. The Morgan fingerprint density at radius 3 is 1.86 bits per heavy atom. The first-order valence-electron chi connectivity index (χ1n) is 9.70. The van der Waals surface area contributed by atoms with Crippen LogP contribution in [0.4, 0.5) is 0 Å². The maximum atomic E-state index is 8.56. The summed E-state index contributed by atoms with van der Waals surface area (Å²) in [6.45, 7) is 19.9. The van der Waals surface area contributed by atoms with Crippen LogP contribution in [0.1, 0.15) is 62.4 Å². The molecular weight excluding hydrogens is 346 g/mol. The Balaban J connectivity index is -0.000000340. The largest absolute Gasteiger partial charge is 0.483 e. The Bertz CT molecular complexity index is 713. The van der Waals surface area contributed by atoms with Gasteiger partial charge in [0, 0.05) is 0 Å². The third kappa shape index (κ3) is 12.5. The van der Waals surface area contributed by atoms with Gasteiger partial charge in [-0.2, -0.15) is 5.26 Å². The molecule has 1 N–H and O–H groups in total. The summed E-state index contributed by atoms with van der Waals surface area (Å²) in [7, 11) is 0. The summed E-state index contributed by atoms with van der Waals surface area (Å²) >= 11 is 0. The molecule has 2 aromatic carbocycles. The van der Waals surface area contributed by atoms with Crippen LogP contribution in [0.5, 0.6) is 0 Å². The van der Waals surface area contributed by atoms with E-state index in [0.29, 0.717) is 5.57 Å². The Morgan fingerprint density at radius 2 is 1.46 bits per heavy atom. The number of carboxylic acid groups (broad SMARTS) is 1. The summed E-state index contributed by atoms with van der Waals surface area (Å²) in [5.74, 6) is 0. The summed E-state index contributed by atoms with van der Waals surface area (Å²) in [5, 5.41) is 15.5. The van der Waals surface area contributed by atoms with E-state index in [1.807, 2.05) is 65.0 Å². The van der Waals surface area contributed by atoms with Crippen LogP contribution < -0.4 is 0 Å². The fourth-order valence-electron chi connectivity index (χ4n) is 2.17. The second-order valence-corrected chi connectivity index (χ2v) is 5.22. The third-order valence-electron chi connectivity index (χ3n) is 3.70. The number of allylic oxidation sites excluding steroid dienone is 1. The number of nitrogens with zero attached hydrogens (tertiary/aromatic N) is 1. The molecule has 0 unspecified atom stereocenters. The van der Waals surface area contributed by atoms with E-state index in [2.05, 4.69) is 45.5 Å². The van der Waals surface area contributed by atoms with Gasteiger partial charge in [-0.1, -0.05) is 83.7 Å². The minimum absolute atomic E-state index is 0.250. The predicted molar refractivity (Wildman–Crippen MR) is 123 cm³/mol. The van der Waals surface area contributed by atoms with E-state index in [1.165, 1.54) is 16.7 Å². The minimum Gasteiger partial charge on any atom is -0.483 e. The van der Waals surface area contributed by atoms with Gasteiger partial charge in [0.05, 0.1) is 11.6 Å². The smallest absolute Gasteiger partial charge is 0.290 e. The number of hydrogen-bond donors (Lipinski definition) is 1. The first-order chi connectivity index (χ1) is 13.4. The molecule has 0 aromatic heterocycles. The molecule has 0 aliphatic heterocycles. The van der Waals surface area contributed by atoms with Gasteiger partial charge in [-0.05, 0) is 55.0 Å². The summed E-state index contributed by atoms with van der Waals surface area (Å²) < 4.78 is 0. The predicted octanol–water partition coefficient (Wildman–Crippen LogP) is 7.15. The fraction of sp³-hybridized carbons (Fsp3) is 0.360. The second kappa shape index (κ2) is 20.5. The highest BCUT2D eigenvalue weighted by atomic mass is 16.3. The maximum Gasteiger partial charge on any atom is 0.290 e. The average Bonchev–Trinajstić information content (AvgIpc) is 2.74. The minimum atomic E-state index is -0.250. The van der Waals surface area contributed by atoms with E-state index < -0.39 is 0 Å². The highest BCUT2D eigenvalue weighted by Gasteiger charge is 1.98. The van der Waals surface area contributed by atoms with Gasteiger partial charge in [-0.25, -0.2) is 0 Å². The van der Waals surface area contributed by atoms with Crippen molar-refractivity contribution in [1.82, 2.24) is 0 Å². The van der Waals surface area contributed by atoms with E-state index in [9.17, 15) is 0 Å². The first kappa shape index (κ1) is 29.9. The van der Waals surface area contributed by atoms with Gasteiger partial charge in [0.25, 0.3) is 6.47 Å². The molecule has 0 fully saturated rings. The van der Waals surface area contributed by atoms with Crippen molar-refractivity contribution in [1.29, 1.82) is 5.26 Å². The lowest BCUT2D eigenvalue weighted by Gasteiger charge is -2.04. The van der Waals surface area contributed by atoms with Crippen molar-refractivity contribution in [2.75, 3.05) is 0 Å². The van der Waals surface area contributed by atoms with Crippen LogP contribution in [0, 0.1) is 32.1 Å². The molecule has 0 aliphatic carbocycles. The lowest BCUT2D eigenvalue weighted by atomic mass is 10.0. The van der Waals surface area contributed by atoms with Gasteiger partial charge in [-0.15, -0.1) is 0 Å². The molecule has 0 heterocycles. The molecule has 0 aliphatic rings. The Hall–Kier alpha value is -2.86. The van der Waals surface area contributed by atoms with Gasteiger partial charge in [0.2, 0.25) is 0 Å². The molecule has 0 spiro atoms. The molecule has 2 aromatic rings.